The fourth-order valence-corrected chi connectivity index (χ4v) is 3.82. The first-order valence-corrected chi connectivity index (χ1v) is 12.2. The molecule has 0 fully saturated rings. The average Bonchev–Trinajstić information content (AvgIpc) is 2.81. The molecule has 0 unspecified atom stereocenters. The van der Waals surface area contributed by atoms with Crippen LogP contribution in [0, 0.1) is 6.92 Å². The molecule has 33 heavy (non-hydrogen) atoms. The number of ether oxygens (including phenoxy) is 3. The van der Waals surface area contributed by atoms with Gasteiger partial charge >= 0.3 is 0 Å². The zero-order valence-electron chi connectivity index (χ0n) is 21.3. The van der Waals surface area contributed by atoms with Gasteiger partial charge in [-0.2, -0.15) is 0 Å². The predicted molar refractivity (Wildman–Crippen MR) is 137 cm³/mol. The molecule has 0 saturated heterocycles. The van der Waals surface area contributed by atoms with Crippen LogP contribution in [0.4, 0.5) is 0 Å². The third kappa shape index (κ3) is 7.96. The lowest BCUT2D eigenvalue weighted by atomic mass is 9.98. The molecular formula is C29H40O4. The summed E-state index contributed by atoms with van der Waals surface area (Å²) < 4.78 is 17.4. The predicted octanol–water partition coefficient (Wildman–Crippen LogP) is 8.09. The molecule has 0 radical (unpaired) electrons. The van der Waals surface area contributed by atoms with E-state index in [1.165, 1.54) is 12.8 Å². The molecular weight excluding hydrogens is 412 g/mol. The van der Waals surface area contributed by atoms with Crippen LogP contribution in [-0.4, -0.2) is 20.0 Å². The Hall–Kier alpha value is -2.75. The maximum Gasteiger partial charge on any atom is 0.155 e. The van der Waals surface area contributed by atoms with E-state index >= 15 is 0 Å². The first-order chi connectivity index (χ1) is 15.9. The topological polar surface area (TPSA) is 44.8 Å². The molecule has 4 nitrogen and oxygen atoms in total. The second-order valence-electron chi connectivity index (χ2n) is 8.56. The number of unbranched alkanes of at least 4 members (excludes halogenated alkanes) is 4. The van der Waals surface area contributed by atoms with Gasteiger partial charge in [0, 0.05) is 6.07 Å². The Morgan fingerprint density at radius 2 is 1.58 bits per heavy atom. The number of benzene rings is 2. The monoisotopic (exact) mass is 452 g/mol. The summed E-state index contributed by atoms with van der Waals surface area (Å²) in [6, 6.07) is 9.85. The Bertz CT molecular complexity index is 943. The molecule has 2 aromatic carbocycles. The minimum atomic E-state index is 0.115. The van der Waals surface area contributed by atoms with Crippen molar-refractivity contribution >= 4 is 11.9 Å². The van der Waals surface area contributed by atoms with Crippen molar-refractivity contribution in [2.45, 2.75) is 79.1 Å². The third-order valence-corrected chi connectivity index (χ3v) is 5.98. The summed E-state index contributed by atoms with van der Waals surface area (Å²) in [5.74, 6) is 3.22. The number of carbonyl (C=O) groups excluding carboxylic acids is 1. The van der Waals surface area contributed by atoms with E-state index in [1.54, 1.807) is 21.1 Å². The van der Waals surface area contributed by atoms with Crippen molar-refractivity contribution in [3.8, 4) is 23.0 Å². The van der Waals surface area contributed by atoms with E-state index in [0.29, 0.717) is 5.75 Å². The van der Waals surface area contributed by atoms with Crippen LogP contribution in [0.5, 0.6) is 23.0 Å². The lowest BCUT2D eigenvalue weighted by Gasteiger charge is -2.17. The molecule has 0 aliphatic carbocycles. The van der Waals surface area contributed by atoms with Crippen LogP contribution in [0.1, 0.15) is 82.4 Å². The van der Waals surface area contributed by atoms with E-state index in [-0.39, 0.29) is 5.78 Å². The fourth-order valence-electron chi connectivity index (χ4n) is 3.82. The van der Waals surface area contributed by atoms with E-state index in [2.05, 4.69) is 19.9 Å². The molecule has 0 aliphatic heterocycles. The number of rotatable bonds is 14. The van der Waals surface area contributed by atoms with Crippen LogP contribution in [0.25, 0.3) is 6.08 Å². The van der Waals surface area contributed by atoms with Crippen LogP contribution in [0.15, 0.2) is 35.9 Å². The summed E-state index contributed by atoms with van der Waals surface area (Å²) in [7, 11) is 3.34. The van der Waals surface area contributed by atoms with Gasteiger partial charge in [-0.3, -0.25) is 4.79 Å². The van der Waals surface area contributed by atoms with Gasteiger partial charge in [0.15, 0.2) is 5.78 Å². The third-order valence-electron chi connectivity index (χ3n) is 5.98. The van der Waals surface area contributed by atoms with Gasteiger partial charge in [-0.25, -0.2) is 0 Å². The van der Waals surface area contributed by atoms with E-state index in [4.69, 9.17) is 14.2 Å². The number of Topliss-reactive ketones (excluding diaryl/α,β-unsaturated/α-hetero) is 1. The SMILES string of the molecule is CCCCC/C(=C/c1cc(OC)cc(Oc2ccc(OC)cc2CCCCC)c1C)C(C)=O. The zero-order chi connectivity index (χ0) is 24.2. The highest BCUT2D eigenvalue weighted by Crippen LogP contribution is 2.36. The number of hydrogen-bond donors (Lipinski definition) is 0. The number of ketones is 1. The average molecular weight is 453 g/mol. The van der Waals surface area contributed by atoms with Gasteiger partial charge in [-0.05, 0) is 92.1 Å². The smallest absolute Gasteiger partial charge is 0.155 e. The summed E-state index contributed by atoms with van der Waals surface area (Å²) in [6.45, 7) is 8.05. The standard InChI is InChI=1S/C29H40O4/c1-7-9-11-13-23(22(4)30)17-25-19-27(32-6)20-29(21(25)3)33-28-16-15-26(31-5)18-24(28)14-12-10-8-2/h15-20H,7-14H2,1-6H3/b23-17-. The molecule has 4 heteroatoms. The highest BCUT2D eigenvalue weighted by Gasteiger charge is 2.14. The summed E-state index contributed by atoms with van der Waals surface area (Å²) in [5.41, 5.74) is 3.91. The van der Waals surface area contributed by atoms with Crippen molar-refractivity contribution < 1.29 is 19.0 Å². The van der Waals surface area contributed by atoms with Crippen molar-refractivity contribution in [1.29, 1.82) is 0 Å². The Balaban J connectivity index is 2.43. The number of allylic oxidation sites excluding steroid dienone is 1. The first kappa shape index (κ1) is 26.5. The van der Waals surface area contributed by atoms with Crippen molar-refractivity contribution in [3.05, 3.63) is 52.6 Å². The molecule has 0 spiro atoms. The van der Waals surface area contributed by atoms with Crippen LogP contribution in [-0.2, 0) is 11.2 Å². The Labute approximate surface area is 200 Å². The van der Waals surface area contributed by atoms with Crippen molar-refractivity contribution in [2.75, 3.05) is 14.2 Å². The van der Waals surface area contributed by atoms with Crippen molar-refractivity contribution in [2.24, 2.45) is 0 Å². The van der Waals surface area contributed by atoms with Crippen LogP contribution in [0.3, 0.4) is 0 Å². The van der Waals surface area contributed by atoms with Crippen LogP contribution >= 0.6 is 0 Å². The van der Waals surface area contributed by atoms with E-state index in [1.807, 2.05) is 37.3 Å². The zero-order valence-corrected chi connectivity index (χ0v) is 21.3. The molecule has 0 N–H and O–H groups in total. The second kappa shape index (κ2) is 13.7. The van der Waals surface area contributed by atoms with Gasteiger partial charge in [0.05, 0.1) is 14.2 Å². The van der Waals surface area contributed by atoms with E-state index in [0.717, 1.165) is 78.0 Å². The Kier molecular flexibility index (Phi) is 11.0. The molecule has 0 saturated carbocycles. The number of aryl methyl sites for hydroxylation is 1. The molecule has 0 bridgehead atoms. The quantitative estimate of drug-likeness (QED) is 0.215. The highest BCUT2D eigenvalue weighted by molar-refractivity contribution is 5.98. The van der Waals surface area contributed by atoms with Gasteiger partial charge in [-0.15, -0.1) is 0 Å². The lowest BCUT2D eigenvalue weighted by Crippen LogP contribution is -2.00. The van der Waals surface area contributed by atoms with Gasteiger partial charge in [0.1, 0.15) is 23.0 Å². The molecule has 2 rings (SSSR count). The minimum absolute atomic E-state index is 0.115. The number of carbonyl (C=O) groups is 1. The van der Waals surface area contributed by atoms with E-state index in [9.17, 15) is 4.79 Å². The van der Waals surface area contributed by atoms with Crippen molar-refractivity contribution in [3.63, 3.8) is 0 Å². The maximum atomic E-state index is 12.3. The minimum Gasteiger partial charge on any atom is -0.497 e. The molecule has 180 valence electrons. The van der Waals surface area contributed by atoms with Gasteiger partial charge in [-0.1, -0.05) is 39.5 Å². The molecule has 0 atom stereocenters. The summed E-state index contributed by atoms with van der Waals surface area (Å²) >= 11 is 0. The van der Waals surface area contributed by atoms with Crippen molar-refractivity contribution in [1.82, 2.24) is 0 Å². The highest BCUT2D eigenvalue weighted by atomic mass is 16.5. The van der Waals surface area contributed by atoms with Gasteiger partial charge < -0.3 is 14.2 Å². The summed E-state index contributed by atoms with van der Waals surface area (Å²) in [5, 5.41) is 0. The normalized spacial score (nSPS) is 11.4. The maximum absolute atomic E-state index is 12.3. The van der Waals surface area contributed by atoms with Gasteiger partial charge in [0.2, 0.25) is 0 Å². The molecule has 0 amide bonds. The molecule has 0 aromatic heterocycles. The largest absolute Gasteiger partial charge is 0.497 e. The summed E-state index contributed by atoms with van der Waals surface area (Å²) in [4.78, 5) is 12.3. The molecule has 2 aromatic rings. The second-order valence-corrected chi connectivity index (χ2v) is 8.56. The van der Waals surface area contributed by atoms with Crippen LogP contribution < -0.4 is 14.2 Å². The van der Waals surface area contributed by atoms with E-state index < -0.39 is 0 Å². The molecule has 0 heterocycles. The fraction of sp³-hybridized carbons (Fsp3) is 0.483. The summed E-state index contributed by atoms with van der Waals surface area (Å²) in [6.07, 6.45) is 10.4. The Morgan fingerprint density at radius 1 is 0.879 bits per heavy atom. The van der Waals surface area contributed by atoms with Crippen LogP contribution in [0.2, 0.25) is 0 Å². The lowest BCUT2D eigenvalue weighted by molar-refractivity contribution is -0.113. The van der Waals surface area contributed by atoms with Gasteiger partial charge in [0.25, 0.3) is 0 Å². The number of methoxy groups -OCH3 is 2. The number of hydrogen-bond acceptors (Lipinski definition) is 4. The molecule has 0 aliphatic rings. The Morgan fingerprint density at radius 3 is 2.21 bits per heavy atom. The first-order valence-electron chi connectivity index (χ1n) is 12.2.